The second kappa shape index (κ2) is 13.7. The van der Waals surface area contributed by atoms with Crippen molar-refractivity contribution >= 4 is 27.0 Å². The van der Waals surface area contributed by atoms with Gasteiger partial charge in [0.15, 0.2) is 0 Å². The molecule has 0 aliphatic carbocycles. The third-order valence-electron chi connectivity index (χ3n) is 6.83. The van der Waals surface area contributed by atoms with Gasteiger partial charge in [-0.25, -0.2) is 13.4 Å². The molecule has 0 spiro atoms. The van der Waals surface area contributed by atoms with Crippen molar-refractivity contribution in [3.05, 3.63) is 131 Å². The first-order valence-electron chi connectivity index (χ1n) is 13.7. The quantitative estimate of drug-likeness (QED) is 0.135. The Morgan fingerprint density at radius 3 is 2.27 bits per heavy atom. The summed E-state index contributed by atoms with van der Waals surface area (Å²) in [4.78, 5) is 8.68. The van der Waals surface area contributed by atoms with Crippen LogP contribution in [0.4, 0.5) is 18.9 Å². The molecule has 0 aliphatic rings. The summed E-state index contributed by atoms with van der Waals surface area (Å²) in [5.74, 6) is 0. The van der Waals surface area contributed by atoms with Crippen LogP contribution in [-0.2, 0) is 29.0 Å². The molecule has 1 atom stereocenters. The van der Waals surface area contributed by atoms with E-state index in [2.05, 4.69) is 20.0 Å². The molecule has 0 fully saturated rings. The van der Waals surface area contributed by atoms with Crippen molar-refractivity contribution in [2.45, 2.75) is 30.0 Å². The van der Waals surface area contributed by atoms with Crippen molar-refractivity contribution in [1.82, 2.24) is 15.3 Å². The van der Waals surface area contributed by atoms with Crippen LogP contribution in [0.25, 0.3) is 10.6 Å². The molecule has 3 N–H and O–H groups in total. The number of nitrogens with one attached hydrogen (secondary N) is 2. The molecule has 12 heteroatoms. The van der Waals surface area contributed by atoms with E-state index in [0.717, 1.165) is 28.8 Å². The van der Waals surface area contributed by atoms with E-state index >= 15 is 0 Å². The predicted molar refractivity (Wildman–Crippen MR) is 165 cm³/mol. The maximum atomic E-state index is 13.0. The van der Waals surface area contributed by atoms with Crippen LogP contribution in [0.3, 0.4) is 0 Å². The Bertz CT molecular complexity index is 1760. The molecule has 3 aromatic carbocycles. The third kappa shape index (κ3) is 8.29. The van der Waals surface area contributed by atoms with Crippen LogP contribution < -0.4 is 10.0 Å². The van der Waals surface area contributed by atoms with Gasteiger partial charge in [-0.1, -0.05) is 42.5 Å². The summed E-state index contributed by atoms with van der Waals surface area (Å²) in [5.41, 5.74) is 3.67. The minimum atomic E-state index is -4.38. The largest absolute Gasteiger partial charge is 0.416 e. The van der Waals surface area contributed by atoms with Crippen molar-refractivity contribution in [2.75, 3.05) is 17.8 Å². The monoisotopic (exact) mass is 638 g/mol. The number of aliphatic hydroxyl groups is 1. The fraction of sp³-hybridized carbons (Fsp3) is 0.188. The fourth-order valence-corrected chi connectivity index (χ4v) is 6.32. The van der Waals surface area contributed by atoms with E-state index in [0.29, 0.717) is 47.9 Å². The van der Waals surface area contributed by atoms with Crippen LogP contribution in [0, 0.1) is 0 Å². The molecular formula is C32H29F3N4O3S2. The molecule has 2 aromatic heterocycles. The summed E-state index contributed by atoms with van der Waals surface area (Å²) < 4.78 is 67.0. The van der Waals surface area contributed by atoms with Gasteiger partial charge in [-0.3, -0.25) is 9.71 Å². The van der Waals surface area contributed by atoms with E-state index < -0.39 is 27.9 Å². The smallest absolute Gasteiger partial charge is 0.387 e. The van der Waals surface area contributed by atoms with Crippen LogP contribution in [0.1, 0.15) is 34.1 Å². The second-order valence-electron chi connectivity index (χ2n) is 10.1. The maximum Gasteiger partial charge on any atom is 0.416 e. The molecule has 2 heterocycles. The Labute approximate surface area is 257 Å². The number of alkyl halides is 3. The van der Waals surface area contributed by atoms with E-state index in [9.17, 15) is 26.7 Å². The first-order chi connectivity index (χ1) is 21.1. The summed E-state index contributed by atoms with van der Waals surface area (Å²) in [6.07, 6.45) is -0.641. The summed E-state index contributed by atoms with van der Waals surface area (Å²) in [5, 5.41) is 15.9. The van der Waals surface area contributed by atoms with Gasteiger partial charge in [-0.05, 0) is 66.6 Å². The lowest BCUT2D eigenvalue weighted by atomic mass is 10.1. The zero-order valence-electron chi connectivity index (χ0n) is 23.3. The van der Waals surface area contributed by atoms with Gasteiger partial charge in [0.05, 0.1) is 22.3 Å². The zero-order valence-corrected chi connectivity index (χ0v) is 25.0. The first kappa shape index (κ1) is 31.3. The normalized spacial score (nSPS) is 12.6. The van der Waals surface area contributed by atoms with Gasteiger partial charge >= 0.3 is 6.18 Å². The summed E-state index contributed by atoms with van der Waals surface area (Å²) in [7, 11) is -3.82. The maximum absolute atomic E-state index is 13.0. The number of aliphatic hydroxyl groups excluding tert-OH is 1. The van der Waals surface area contributed by atoms with Gasteiger partial charge in [-0.2, -0.15) is 13.2 Å². The Morgan fingerprint density at radius 2 is 1.61 bits per heavy atom. The van der Waals surface area contributed by atoms with Gasteiger partial charge in [0.2, 0.25) is 0 Å². The number of pyridine rings is 1. The zero-order chi connectivity index (χ0) is 31.2. The van der Waals surface area contributed by atoms with Crippen LogP contribution >= 0.6 is 11.3 Å². The highest BCUT2D eigenvalue weighted by Gasteiger charge is 2.30. The van der Waals surface area contributed by atoms with E-state index in [1.807, 2.05) is 23.6 Å². The average molecular weight is 639 g/mol. The SMILES string of the molecule is O=S(=O)(Nc1ccc(CCNCC(O)c2cccnc2)cc1)c1ccc(-c2nc(Cc3ccc(C(F)(F)F)cc3)cs2)cc1. The molecule has 0 saturated carbocycles. The van der Waals surface area contributed by atoms with Crippen LogP contribution in [-0.4, -0.2) is 36.6 Å². The highest BCUT2D eigenvalue weighted by Crippen LogP contribution is 2.30. The number of sulfonamides is 1. The summed E-state index contributed by atoms with van der Waals surface area (Å²) in [6.45, 7) is 1.04. The number of anilines is 1. The van der Waals surface area contributed by atoms with Gasteiger partial charge < -0.3 is 10.4 Å². The van der Waals surface area contributed by atoms with E-state index in [1.54, 1.807) is 42.7 Å². The van der Waals surface area contributed by atoms with Crippen LogP contribution in [0.15, 0.2) is 108 Å². The van der Waals surface area contributed by atoms with Gasteiger partial charge in [0.1, 0.15) is 5.01 Å². The molecule has 5 rings (SSSR count). The van der Waals surface area contributed by atoms with E-state index in [-0.39, 0.29) is 4.90 Å². The molecule has 0 aliphatic heterocycles. The number of rotatable bonds is 12. The Kier molecular flexibility index (Phi) is 9.74. The van der Waals surface area contributed by atoms with Crippen molar-refractivity contribution < 1.29 is 26.7 Å². The lowest BCUT2D eigenvalue weighted by Gasteiger charge is -2.12. The molecule has 44 heavy (non-hydrogen) atoms. The highest BCUT2D eigenvalue weighted by molar-refractivity contribution is 7.92. The summed E-state index contributed by atoms with van der Waals surface area (Å²) in [6, 6.07) is 22.1. The topological polar surface area (TPSA) is 104 Å². The number of benzene rings is 3. The number of halogens is 3. The number of nitrogens with zero attached hydrogens (tertiary/aromatic N) is 2. The molecule has 0 bridgehead atoms. The van der Waals surface area contributed by atoms with E-state index in [4.69, 9.17) is 0 Å². The van der Waals surface area contributed by atoms with Crippen molar-refractivity contribution in [3.63, 3.8) is 0 Å². The predicted octanol–water partition coefficient (Wildman–Crippen LogP) is 6.48. The van der Waals surface area contributed by atoms with Gasteiger partial charge in [-0.15, -0.1) is 11.3 Å². The molecule has 0 saturated heterocycles. The molecule has 7 nitrogen and oxygen atoms in total. The third-order valence-corrected chi connectivity index (χ3v) is 9.17. The lowest BCUT2D eigenvalue weighted by molar-refractivity contribution is -0.137. The van der Waals surface area contributed by atoms with Gasteiger partial charge in [0, 0.05) is 47.6 Å². The molecule has 5 aromatic rings. The number of hydrogen-bond donors (Lipinski definition) is 3. The standard InChI is InChI=1S/C32H29F3N4O3S2/c33-32(34,35)26-9-3-23(4-10-26)18-28-21-43-31(38-28)24-7-13-29(14-8-24)44(41,42)39-27-11-5-22(6-12-27)15-17-37-20-30(40)25-2-1-16-36-19-25/h1-14,16,19,21,30,37,39-40H,15,17-18,20H2. The van der Waals surface area contributed by atoms with Crippen molar-refractivity contribution in [3.8, 4) is 10.6 Å². The Morgan fingerprint density at radius 1 is 0.909 bits per heavy atom. The van der Waals surface area contributed by atoms with Crippen LogP contribution in [0.2, 0.25) is 0 Å². The highest BCUT2D eigenvalue weighted by atomic mass is 32.2. The van der Waals surface area contributed by atoms with Gasteiger partial charge in [0.25, 0.3) is 10.0 Å². The molecule has 1 unspecified atom stereocenters. The lowest BCUT2D eigenvalue weighted by Crippen LogP contribution is -2.23. The average Bonchev–Trinajstić information content (AvgIpc) is 3.48. The molecular weight excluding hydrogens is 610 g/mol. The second-order valence-corrected chi connectivity index (χ2v) is 12.6. The van der Waals surface area contributed by atoms with Crippen molar-refractivity contribution in [2.24, 2.45) is 0 Å². The first-order valence-corrected chi connectivity index (χ1v) is 16.0. The number of aromatic nitrogens is 2. The fourth-order valence-electron chi connectivity index (χ4n) is 4.43. The Balaban J connectivity index is 1.12. The Hall–Kier alpha value is -4.10. The van der Waals surface area contributed by atoms with Crippen molar-refractivity contribution in [1.29, 1.82) is 0 Å². The summed E-state index contributed by atoms with van der Waals surface area (Å²) >= 11 is 1.38. The number of hydrogen-bond acceptors (Lipinski definition) is 7. The molecule has 0 amide bonds. The van der Waals surface area contributed by atoms with Crippen LogP contribution in [0.5, 0.6) is 0 Å². The minimum Gasteiger partial charge on any atom is -0.387 e. The minimum absolute atomic E-state index is 0.100. The van der Waals surface area contributed by atoms with E-state index in [1.165, 1.54) is 35.6 Å². The molecule has 0 radical (unpaired) electrons. The molecule has 228 valence electrons. The number of thiazole rings is 1.